The van der Waals surface area contributed by atoms with E-state index in [9.17, 15) is 4.79 Å². The third kappa shape index (κ3) is 2.69. The summed E-state index contributed by atoms with van der Waals surface area (Å²) in [7, 11) is 0. The van der Waals surface area contributed by atoms with Gasteiger partial charge in [0.25, 0.3) is 5.91 Å². The van der Waals surface area contributed by atoms with Gasteiger partial charge in [0.15, 0.2) is 5.82 Å². The van der Waals surface area contributed by atoms with Crippen LogP contribution in [-0.2, 0) is 11.2 Å². The third-order valence-electron chi connectivity index (χ3n) is 3.61. The lowest BCUT2D eigenvalue weighted by Crippen LogP contribution is -2.42. The van der Waals surface area contributed by atoms with Gasteiger partial charge in [-0.25, -0.2) is 4.98 Å². The minimum Gasteiger partial charge on any atom is -0.469 e. The zero-order chi connectivity index (χ0) is 14.8. The summed E-state index contributed by atoms with van der Waals surface area (Å²) >= 11 is 0. The molecule has 112 valence electrons. The van der Waals surface area contributed by atoms with Crippen LogP contribution in [0.1, 0.15) is 40.8 Å². The number of hydrogen-bond donors (Lipinski definition) is 1. The van der Waals surface area contributed by atoms with Crippen LogP contribution in [0.25, 0.3) is 0 Å². The number of carbonyl (C=O) groups excluding carboxylic acids is 1. The van der Waals surface area contributed by atoms with Gasteiger partial charge in [-0.2, -0.15) is 5.10 Å². The second-order valence-corrected chi connectivity index (χ2v) is 4.99. The Balaban J connectivity index is 1.74. The smallest absolute Gasteiger partial charge is 0.257 e. The van der Waals surface area contributed by atoms with Crippen LogP contribution < -0.4 is 0 Å². The van der Waals surface area contributed by atoms with E-state index < -0.39 is 0 Å². The predicted molar refractivity (Wildman–Crippen MR) is 73.8 cm³/mol. The van der Waals surface area contributed by atoms with Gasteiger partial charge in [0, 0.05) is 13.0 Å². The van der Waals surface area contributed by atoms with Gasteiger partial charge in [0.1, 0.15) is 17.7 Å². The molecule has 1 unspecified atom stereocenters. The van der Waals surface area contributed by atoms with Crippen LogP contribution in [0.2, 0.25) is 0 Å². The minimum absolute atomic E-state index is 0.0409. The quantitative estimate of drug-likeness (QED) is 0.925. The second-order valence-electron chi connectivity index (χ2n) is 4.99. The highest BCUT2D eigenvalue weighted by Gasteiger charge is 2.29. The van der Waals surface area contributed by atoms with Crippen molar-refractivity contribution in [2.24, 2.45) is 0 Å². The molecular formula is C14H18N4O3. The number of carbonyl (C=O) groups is 1. The summed E-state index contributed by atoms with van der Waals surface area (Å²) < 4.78 is 10.9. The summed E-state index contributed by atoms with van der Waals surface area (Å²) in [5.41, 5.74) is 0.597. The predicted octanol–water partition coefficient (Wildman–Crippen LogP) is 1.48. The normalized spacial score (nSPS) is 19.0. The maximum atomic E-state index is 12.5. The van der Waals surface area contributed by atoms with E-state index in [0.29, 0.717) is 36.8 Å². The number of aryl methyl sites for hydroxylation is 2. The number of furan rings is 1. The first kappa shape index (κ1) is 13.8. The Labute approximate surface area is 122 Å². The highest BCUT2D eigenvalue weighted by atomic mass is 16.5. The molecule has 2 aromatic rings. The number of ether oxygens (including phenoxy) is 1. The van der Waals surface area contributed by atoms with Crippen molar-refractivity contribution in [2.75, 3.05) is 19.7 Å². The Hall–Kier alpha value is -2.15. The van der Waals surface area contributed by atoms with Crippen molar-refractivity contribution in [3.05, 3.63) is 35.3 Å². The van der Waals surface area contributed by atoms with Crippen molar-refractivity contribution in [3.8, 4) is 0 Å². The topological polar surface area (TPSA) is 84.2 Å². The number of aromatic nitrogens is 3. The maximum Gasteiger partial charge on any atom is 0.257 e. The average Bonchev–Trinajstić information content (AvgIpc) is 3.15. The first-order valence-electron chi connectivity index (χ1n) is 7.05. The van der Waals surface area contributed by atoms with E-state index in [4.69, 9.17) is 9.15 Å². The summed E-state index contributed by atoms with van der Waals surface area (Å²) in [4.78, 5) is 18.6. The SMILES string of the molecule is CCc1nc(C2CN(C(=O)c3ccoc3C)CCO2)n[nH]1. The summed E-state index contributed by atoms with van der Waals surface area (Å²) in [6, 6.07) is 1.70. The highest BCUT2D eigenvalue weighted by molar-refractivity contribution is 5.95. The van der Waals surface area contributed by atoms with Crippen LogP contribution in [0.5, 0.6) is 0 Å². The molecule has 3 heterocycles. The van der Waals surface area contributed by atoms with Gasteiger partial charge in [-0.15, -0.1) is 0 Å². The molecule has 0 aliphatic carbocycles. The average molecular weight is 290 g/mol. The Morgan fingerprint density at radius 2 is 2.43 bits per heavy atom. The molecule has 2 aromatic heterocycles. The molecule has 1 saturated heterocycles. The standard InChI is InChI=1S/C14H18N4O3/c1-3-12-15-13(17-16-12)11-8-18(5-7-21-11)14(19)10-4-6-20-9(10)2/h4,6,11H,3,5,7-8H2,1-2H3,(H,15,16,17). The van der Waals surface area contributed by atoms with E-state index in [0.717, 1.165) is 12.2 Å². The van der Waals surface area contributed by atoms with Gasteiger partial charge in [-0.05, 0) is 13.0 Å². The molecule has 1 N–H and O–H groups in total. The van der Waals surface area contributed by atoms with Crippen molar-refractivity contribution >= 4 is 5.91 Å². The van der Waals surface area contributed by atoms with Crippen molar-refractivity contribution in [1.82, 2.24) is 20.1 Å². The molecule has 1 fully saturated rings. The molecule has 0 aromatic carbocycles. The van der Waals surface area contributed by atoms with Crippen molar-refractivity contribution in [1.29, 1.82) is 0 Å². The van der Waals surface area contributed by atoms with Crippen LogP contribution >= 0.6 is 0 Å². The van der Waals surface area contributed by atoms with Gasteiger partial charge in [-0.1, -0.05) is 6.92 Å². The molecule has 3 rings (SSSR count). The van der Waals surface area contributed by atoms with Crippen LogP contribution in [0, 0.1) is 6.92 Å². The lowest BCUT2D eigenvalue weighted by atomic mass is 10.2. The van der Waals surface area contributed by atoms with E-state index in [1.165, 1.54) is 6.26 Å². The molecule has 1 aliphatic heterocycles. The number of morpholine rings is 1. The lowest BCUT2D eigenvalue weighted by molar-refractivity contribution is -0.0267. The molecule has 0 bridgehead atoms. The van der Waals surface area contributed by atoms with Gasteiger partial charge >= 0.3 is 0 Å². The zero-order valence-corrected chi connectivity index (χ0v) is 12.1. The summed E-state index contributed by atoms with van der Waals surface area (Å²) in [6.45, 7) is 5.27. The number of nitrogens with one attached hydrogen (secondary N) is 1. The Bertz CT molecular complexity index is 634. The molecule has 0 saturated carbocycles. The number of amides is 1. The first-order chi connectivity index (χ1) is 10.2. The largest absolute Gasteiger partial charge is 0.469 e. The summed E-state index contributed by atoms with van der Waals surface area (Å²) in [5, 5.41) is 7.04. The number of H-pyrrole nitrogens is 1. The fourth-order valence-electron chi connectivity index (χ4n) is 2.38. The lowest BCUT2D eigenvalue weighted by Gasteiger charge is -2.31. The van der Waals surface area contributed by atoms with Crippen LogP contribution in [-0.4, -0.2) is 45.7 Å². The molecule has 0 spiro atoms. The van der Waals surface area contributed by atoms with E-state index in [1.54, 1.807) is 17.9 Å². The maximum absolute atomic E-state index is 12.5. The highest BCUT2D eigenvalue weighted by Crippen LogP contribution is 2.21. The monoisotopic (exact) mass is 290 g/mol. The van der Waals surface area contributed by atoms with Gasteiger partial charge < -0.3 is 14.1 Å². The fraction of sp³-hybridized carbons (Fsp3) is 0.500. The fourth-order valence-corrected chi connectivity index (χ4v) is 2.38. The number of rotatable bonds is 3. The van der Waals surface area contributed by atoms with E-state index in [1.807, 2.05) is 6.92 Å². The minimum atomic E-state index is -0.286. The third-order valence-corrected chi connectivity index (χ3v) is 3.61. The Morgan fingerprint density at radius 1 is 1.57 bits per heavy atom. The van der Waals surface area contributed by atoms with Crippen LogP contribution in [0.3, 0.4) is 0 Å². The molecule has 1 atom stereocenters. The molecule has 21 heavy (non-hydrogen) atoms. The zero-order valence-electron chi connectivity index (χ0n) is 12.1. The summed E-state index contributed by atoms with van der Waals surface area (Å²) in [6.07, 6.45) is 2.03. The van der Waals surface area contributed by atoms with E-state index in [2.05, 4.69) is 15.2 Å². The molecule has 7 nitrogen and oxygen atoms in total. The van der Waals surface area contributed by atoms with Crippen molar-refractivity contribution < 1.29 is 13.9 Å². The summed E-state index contributed by atoms with van der Waals surface area (Å²) in [5.74, 6) is 2.02. The first-order valence-corrected chi connectivity index (χ1v) is 7.05. The number of aromatic amines is 1. The Kier molecular flexibility index (Phi) is 3.74. The molecule has 0 radical (unpaired) electrons. The number of hydrogen-bond acceptors (Lipinski definition) is 5. The second kappa shape index (κ2) is 5.69. The molecule has 7 heteroatoms. The number of nitrogens with zero attached hydrogens (tertiary/aromatic N) is 3. The Morgan fingerprint density at radius 3 is 3.10 bits per heavy atom. The van der Waals surface area contributed by atoms with E-state index in [-0.39, 0.29) is 12.0 Å². The van der Waals surface area contributed by atoms with Gasteiger partial charge in [0.05, 0.1) is 25.0 Å². The van der Waals surface area contributed by atoms with Crippen molar-refractivity contribution in [2.45, 2.75) is 26.4 Å². The van der Waals surface area contributed by atoms with Crippen LogP contribution in [0.4, 0.5) is 0 Å². The van der Waals surface area contributed by atoms with E-state index >= 15 is 0 Å². The van der Waals surface area contributed by atoms with Gasteiger partial charge in [-0.3, -0.25) is 9.89 Å². The molecular weight excluding hydrogens is 272 g/mol. The van der Waals surface area contributed by atoms with Crippen LogP contribution in [0.15, 0.2) is 16.7 Å². The van der Waals surface area contributed by atoms with Gasteiger partial charge in [0.2, 0.25) is 0 Å². The molecule has 1 amide bonds. The molecule has 1 aliphatic rings. The van der Waals surface area contributed by atoms with Crippen molar-refractivity contribution in [3.63, 3.8) is 0 Å².